The highest BCUT2D eigenvalue weighted by Gasteiger charge is 2.13. The summed E-state index contributed by atoms with van der Waals surface area (Å²) in [4.78, 5) is 13.0. The van der Waals surface area contributed by atoms with Crippen molar-refractivity contribution in [1.29, 1.82) is 0 Å². The van der Waals surface area contributed by atoms with Crippen molar-refractivity contribution in [3.05, 3.63) is 36.3 Å². The van der Waals surface area contributed by atoms with Crippen molar-refractivity contribution in [3.63, 3.8) is 0 Å². The van der Waals surface area contributed by atoms with Gasteiger partial charge in [0.15, 0.2) is 5.82 Å². The van der Waals surface area contributed by atoms with E-state index < -0.39 is 0 Å². The standard InChI is InChI=1S/C16H21N7O2/c1-4-23-15(18-10-19-23)11(2)20-13-6-5-12(9-17-13)16-21-14(22-25-16)7-8-24-3/h5-6,9-11H,4,7-8H2,1-3H3,(H,17,20)/t11-/m0/s1. The lowest BCUT2D eigenvalue weighted by molar-refractivity contribution is 0.199. The molecule has 0 spiro atoms. The second kappa shape index (κ2) is 7.84. The SMILES string of the molecule is CCn1ncnc1[C@H](C)Nc1ccc(-c2nc(CCOC)no2)cn1. The molecule has 3 heterocycles. The van der Waals surface area contributed by atoms with Crippen LogP contribution in [0.25, 0.3) is 11.5 Å². The van der Waals surface area contributed by atoms with Crippen LogP contribution in [0.1, 0.15) is 31.5 Å². The number of pyridine rings is 1. The zero-order valence-corrected chi connectivity index (χ0v) is 14.5. The van der Waals surface area contributed by atoms with Gasteiger partial charge in [0, 0.05) is 26.3 Å². The molecule has 0 aliphatic carbocycles. The maximum atomic E-state index is 5.26. The highest BCUT2D eigenvalue weighted by molar-refractivity contribution is 5.54. The fourth-order valence-corrected chi connectivity index (χ4v) is 2.41. The molecule has 0 saturated carbocycles. The molecule has 0 fully saturated rings. The molecule has 9 nitrogen and oxygen atoms in total. The molecule has 9 heteroatoms. The highest BCUT2D eigenvalue weighted by atomic mass is 16.5. The summed E-state index contributed by atoms with van der Waals surface area (Å²) in [7, 11) is 1.64. The summed E-state index contributed by atoms with van der Waals surface area (Å²) in [5.74, 6) is 2.67. The lowest BCUT2D eigenvalue weighted by Gasteiger charge is -2.14. The van der Waals surface area contributed by atoms with Gasteiger partial charge in [-0.05, 0) is 26.0 Å². The third kappa shape index (κ3) is 4.00. The van der Waals surface area contributed by atoms with E-state index in [-0.39, 0.29) is 6.04 Å². The van der Waals surface area contributed by atoms with Crippen LogP contribution in [-0.2, 0) is 17.7 Å². The first-order valence-corrected chi connectivity index (χ1v) is 8.13. The van der Waals surface area contributed by atoms with Crippen molar-refractivity contribution in [2.45, 2.75) is 32.9 Å². The molecule has 3 aromatic rings. The molecule has 1 N–H and O–H groups in total. The van der Waals surface area contributed by atoms with Crippen LogP contribution < -0.4 is 5.32 Å². The molecular formula is C16H21N7O2. The van der Waals surface area contributed by atoms with Crippen LogP contribution in [0.5, 0.6) is 0 Å². The molecule has 0 aromatic carbocycles. The Hall–Kier alpha value is -2.81. The number of rotatable bonds is 8. The molecule has 0 amide bonds. The number of anilines is 1. The van der Waals surface area contributed by atoms with Crippen LogP contribution in [0, 0.1) is 0 Å². The zero-order chi connectivity index (χ0) is 17.6. The summed E-state index contributed by atoms with van der Waals surface area (Å²) in [6, 6.07) is 3.75. The Bertz CT molecular complexity index is 797. The Balaban J connectivity index is 1.67. The van der Waals surface area contributed by atoms with E-state index >= 15 is 0 Å². The van der Waals surface area contributed by atoms with E-state index in [4.69, 9.17) is 9.26 Å². The first-order chi connectivity index (χ1) is 12.2. The summed E-state index contributed by atoms with van der Waals surface area (Å²) in [5, 5.41) is 11.4. The van der Waals surface area contributed by atoms with Crippen molar-refractivity contribution < 1.29 is 9.26 Å². The molecule has 25 heavy (non-hydrogen) atoms. The van der Waals surface area contributed by atoms with E-state index in [1.54, 1.807) is 19.6 Å². The molecule has 132 valence electrons. The minimum Gasteiger partial charge on any atom is -0.384 e. The number of aryl methyl sites for hydroxylation is 1. The van der Waals surface area contributed by atoms with Gasteiger partial charge in [-0.3, -0.25) is 0 Å². The topological polar surface area (TPSA) is 104 Å². The highest BCUT2D eigenvalue weighted by Crippen LogP contribution is 2.20. The Labute approximate surface area is 145 Å². The van der Waals surface area contributed by atoms with Gasteiger partial charge in [-0.15, -0.1) is 0 Å². The minimum absolute atomic E-state index is 0.00940. The molecular weight excluding hydrogens is 322 g/mol. The normalized spacial score (nSPS) is 12.3. The van der Waals surface area contributed by atoms with E-state index in [0.29, 0.717) is 24.7 Å². The summed E-state index contributed by atoms with van der Waals surface area (Å²) in [5.41, 5.74) is 0.770. The molecule has 3 rings (SSSR count). The Morgan fingerprint density at radius 1 is 1.32 bits per heavy atom. The van der Waals surface area contributed by atoms with Crippen molar-refractivity contribution in [2.75, 3.05) is 19.0 Å². The lowest BCUT2D eigenvalue weighted by Crippen LogP contribution is -2.14. The molecule has 0 radical (unpaired) electrons. The maximum Gasteiger partial charge on any atom is 0.259 e. The van der Waals surface area contributed by atoms with Gasteiger partial charge in [0.2, 0.25) is 0 Å². The average molecular weight is 343 g/mol. The zero-order valence-electron chi connectivity index (χ0n) is 14.5. The molecule has 1 atom stereocenters. The second-order valence-corrected chi connectivity index (χ2v) is 5.49. The van der Waals surface area contributed by atoms with E-state index in [9.17, 15) is 0 Å². The second-order valence-electron chi connectivity index (χ2n) is 5.49. The summed E-state index contributed by atoms with van der Waals surface area (Å²) in [6.07, 6.45) is 3.88. The number of ether oxygens (including phenoxy) is 1. The quantitative estimate of drug-likeness (QED) is 0.663. The summed E-state index contributed by atoms with van der Waals surface area (Å²) < 4.78 is 12.1. The van der Waals surface area contributed by atoms with Gasteiger partial charge in [0.05, 0.1) is 18.2 Å². The number of methoxy groups -OCH3 is 1. The van der Waals surface area contributed by atoms with E-state index in [1.165, 1.54) is 0 Å². The summed E-state index contributed by atoms with van der Waals surface area (Å²) >= 11 is 0. The van der Waals surface area contributed by atoms with Crippen LogP contribution in [0.3, 0.4) is 0 Å². The third-order valence-electron chi connectivity index (χ3n) is 3.71. The molecule has 3 aromatic heterocycles. The first-order valence-electron chi connectivity index (χ1n) is 8.13. The third-order valence-corrected chi connectivity index (χ3v) is 3.71. The van der Waals surface area contributed by atoms with Crippen molar-refractivity contribution in [2.24, 2.45) is 0 Å². The van der Waals surface area contributed by atoms with Crippen LogP contribution in [0.4, 0.5) is 5.82 Å². The number of aromatic nitrogens is 6. The van der Waals surface area contributed by atoms with Gasteiger partial charge < -0.3 is 14.6 Å². The lowest BCUT2D eigenvalue weighted by atomic mass is 10.2. The smallest absolute Gasteiger partial charge is 0.259 e. The van der Waals surface area contributed by atoms with E-state index in [0.717, 1.165) is 23.8 Å². The van der Waals surface area contributed by atoms with Crippen LogP contribution >= 0.6 is 0 Å². The number of nitrogens with zero attached hydrogens (tertiary/aromatic N) is 6. The fourth-order valence-electron chi connectivity index (χ4n) is 2.41. The minimum atomic E-state index is -0.00940. The van der Waals surface area contributed by atoms with Crippen LogP contribution in [0.15, 0.2) is 29.2 Å². The number of hydrogen-bond acceptors (Lipinski definition) is 8. The fraction of sp³-hybridized carbons (Fsp3) is 0.438. The first kappa shape index (κ1) is 17.0. The molecule has 0 aliphatic rings. The molecule has 0 bridgehead atoms. The van der Waals surface area contributed by atoms with Gasteiger partial charge in [-0.2, -0.15) is 10.1 Å². The van der Waals surface area contributed by atoms with Gasteiger partial charge in [-0.1, -0.05) is 5.16 Å². The number of hydrogen-bond donors (Lipinski definition) is 1. The molecule has 0 unspecified atom stereocenters. The van der Waals surface area contributed by atoms with Crippen LogP contribution in [0.2, 0.25) is 0 Å². The predicted molar refractivity (Wildman–Crippen MR) is 90.8 cm³/mol. The van der Waals surface area contributed by atoms with Crippen molar-refractivity contribution >= 4 is 5.82 Å². The molecule has 0 saturated heterocycles. The van der Waals surface area contributed by atoms with Gasteiger partial charge in [-0.25, -0.2) is 14.6 Å². The van der Waals surface area contributed by atoms with Gasteiger partial charge >= 0.3 is 0 Å². The summed E-state index contributed by atoms with van der Waals surface area (Å²) in [6.45, 7) is 5.38. The van der Waals surface area contributed by atoms with Gasteiger partial charge in [0.1, 0.15) is 18.0 Å². The van der Waals surface area contributed by atoms with E-state index in [1.807, 2.05) is 30.7 Å². The van der Waals surface area contributed by atoms with Crippen LogP contribution in [-0.4, -0.2) is 43.6 Å². The van der Waals surface area contributed by atoms with Crippen molar-refractivity contribution in [1.82, 2.24) is 29.9 Å². The number of nitrogens with one attached hydrogen (secondary N) is 1. The Morgan fingerprint density at radius 3 is 2.92 bits per heavy atom. The Morgan fingerprint density at radius 2 is 2.20 bits per heavy atom. The monoisotopic (exact) mass is 343 g/mol. The van der Waals surface area contributed by atoms with E-state index in [2.05, 4.69) is 30.5 Å². The molecule has 0 aliphatic heterocycles. The largest absolute Gasteiger partial charge is 0.384 e. The van der Waals surface area contributed by atoms with Gasteiger partial charge in [0.25, 0.3) is 5.89 Å². The predicted octanol–water partition coefficient (Wildman–Crippen LogP) is 2.10. The maximum absolute atomic E-state index is 5.26. The van der Waals surface area contributed by atoms with Crippen molar-refractivity contribution in [3.8, 4) is 11.5 Å². The average Bonchev–Trinajstić information content (AvgIpc) is 3.29. The Kier molecular flexibility index (Phi) is 5.34.